The van der Waals surface area contributed by atoms with Gasteiger partial charge < -0.3 is 10.2 Å². The van der Waals surface area contributed by atoms with Crippen molar-refractivity contribution in [3.63, 3.8) is 0 Å². The summed E-state index contributed by atoms with van der Waals surface area (Å²) in [5, 5.41) is 3.31. The Hall–Kier alpha value is -1.23. The lowest BCUT2D eigenvalue weighted by atomic mass is 10.0. The van der Waals surface area contributed by atoms with Crippen LogP contribution in [-0.4, -0.2) is 25.8 Å². The number of hydrogen-bond donors (Lipinski definition) is 1. The number of fused-ring (bicyclic) bond motifs is 1. The molecule has 0 saturated heterocycles. The molecule has 5 heteroatoms. The second kappa shape index (κ2) is 5.41. The normalized spacial score (nSPS) is 16.6. The topological polar surface area (TPSA) is 15.3 Å². The summed E-state index contributed by atoms with van der Waals surface area (Å²) in [6, 6.07) is 5.99. The molecule has 0 aromatic heterocycles. The molecule has 1 heterocycles. The van der Waals surface area contributed by atoms with Gasteiger partial charge in [-0.1, -0.05) is 19.1 Å². The number of nitrogens with zero attached hydrogens (tertiary/aromatic N) is 1. The molecule has 1 aliphatic rings. The quantitative estimate of drug-likeness (QED) is 0.905. The van der Waals surface area contributed by atoms with Gasteiger partial charge in [-0.05, 0) is 37.1 Å². The Morgan fingerprint density at radius 2 is 2.11 bits per heavy atom. The smallest absolute Gasteiger partial charge is 0.362 e. The molecule has 2 rings (SSSR count). The molecule has 1 aliphatic heterocycles. The van der Waals surface area contributed by atoms with Gasteiger partial charge in [0.05, 0.1) is 0 Å². The van der Waals surface area contributed by atoms with Crippen LogP contribution in [0.5, 0.6) is 0 Å². The SMILES string of the molecule is CCNC(C)c1ccc2c(c1)CCN2CC(F)(F)F. The Morgan fingerprint density at radius 3 is 2.74 bits per heavy atom. The van der Waals surface area contributed by atoms with Crippen LogP contribution in [0.25, 0.3) is 0 Å². The van der Waals surface area contributed by atoms with Gasteiger partial charge in [0.25, 0.3) is 0 Å². The van der Waals surface area contributed by atoms with Crippen LogP contribution in [0.1, 0.15) is 31.0 Å². The maximum absolute atomic E-state index is 12.5. The Balaban J connectivity index is 2.16. The molecule has 1 unspecified atom stereocenters. The predicted octanol–water partition coefficient (Wildman–Crippen LogP) is 3.28. The fourth-order valence-corrected chi connectivity index (χ4v) is 2.56. The molecule has 0 bridgehead atoms. The van der Waals surface area contributed by atoms with Gasteiger partial charge in [-0.3, -0.25) is 0 Å². The first-order valence-corrected chi connectivity index (χ1v) is 6.58. The summed E-state index contributed by atoms with van der Waals surface area (Å²) < 4.78 is 37.4. The molecule has 0 radical (unpaired) electrons. The van der Waals surface area contributed by atoms with E-state index < -0.39 is 12.7 Å². The van der Waals surface area contributed by atoms with E-state index in [1.807, 2.05) is 25.1 Å². The molecule has 106 valence electrons. The minimum Gasteiger partial charge on any atom is -0.362 e. The highest BCUT2D eigenvalue weighted by Gasteiger charge is 2.33. The number of anilines is 1. The first-order valence-electron chi connectivity index (χ1n) is 6.58. The van der Waals surface area contributed by atoms with Gasteiger partial charge in [0.15, 0.2) is 0 Å². The van der Waals surface area contributed by atoms with Gasteiger partial charge in [-0.25, -0.2) is 0 Å². The number of rotatable bonds is 4. The van der Waals surface area contributed by atoms with Gasteiger partial charge in [-0.15, -0.1) is 0 Å². The largest absolute Gasteiger partial charge is 0.405 e. The lowest BCUT2D eigenvalue weighted by Gasteiger charge is -2.21. The van der Waals surface area contributed by atoms with Gasteiger partial charge in [0.2, 0.25) is 0 Å². The molecular weight excluding hydrogens is 253 g/mol. The summed E-state index contributed by atoms with van der Waals surface area (Å²) in [7, 11) is 0. The van der Waals surface area contributed by atoms with E-state index in [0.717, 1.165) is 23.4 Å². The van der Waals surface area contributed by atoms with Crippen LogP contribution in [0, 0.1) is 0 Å². The molecule has 19 heavy (non-hydrogen) atoms. The monoisotopic (exact) mass is 272 g/mol. The molecule has 1 aromatic carbocycles. The highest BCUT2D eigenvalue weighted by Crippen LogP contribution is 2.32. The van der Waals surface area contributed by atoms with Crippen LogP contribution in [0.2, 0.25) is 0 Å². The summed E-state index contributed by atoms with van der Waals surface area (Å²) in [6.07, 6.45) is -3.45. The van der Waals surface area contributed by atoms with Crippen molar-refractivity contribution in [2.75, 3.05) is 24.5 Å². The summed E-state index contributed by atoms with van der Waals surface area (Å²) >= 11 is 0. The minimum absolute atomic E-state index is 0.229. The average molecular weight is 272 g/mol. The van der Waals surface area contributed by atoms with E-state index in [1.165, 1.54) is 4.90 Å². The van der Waals surface area contributed by atoms with Crippen molar-refractivity contribution < 1.29 is 13.2 Å². The van der Waals surface area contributed by atoms with Crippen molar-refractivity contribution in [3.05, 3.63) is 29.3 Å². The van der Waals surface area contributed by atoms with Crippen LogP contribution in [-0.2, 0) is 6.42 Å². The highest BCUT2D eigenvalue weighted by atomic mass is 19.4. The van der Waals surface area contributed by atoms with Crippen molar-refractivity contribution in [1.82, 2.24) is 5.32 Å². The second-order valence-electron chi connectivity index (χ2n) is 4.95. The molecule has 2 nitrogen and oxygen atoms in total. The molecule has 0 aliphatic carbocycles. The summed E-state index contributed by atoms with van der Waals surface area (Å²) in [6.45, 7) is 4.57. The van der Waals surface area contributed by atoms with Crippen molar-refractivity contribution in [3.8, 4) is 0 Å². The Morgan fingerprint density at radius 1 is 1.37 bits per heavy atom. The summed E-state index contributed by atoms with van der Waals surface area (Å²) in [5.41, 5.74) is 2.88. The lowest BCUT2D eigenvalue weighted by Crippen LogP contribution is -2.32. The minimum atomic E-state index is -4.14. The lowest BCUT2D eigenvalue weighted by molar-refractivity contribution is -0.119. The fourth-order valence-electron chi connectivity index (χ4n) is 2.56. The molecule has 0 fully saturated rings. The average Bonchev–Trinajstić information content (AvgIpc) is 2.70. The zero-order valence-corrected chi connectivity index (χ0v) is 11.2. The standard InChI is InChI=1S/C14H19F3N2/c1-3-18-10(2)11-4-5-13-12(8-11)6-7-19(13)9-14(15,16)17/h4-5,8,10,18H,3,6-7,9H2,1-2H3. The predicted molar refractivity (Wildman–Crippen MR) is 70.5 cm³/mol. The second-order valence-corrected chi connectivity index (χ2v) is 4.95. The van der Waals surface area contributed by atoms with Crippen LogP contribution < -0.4 is 10.2 Å². The first-order chi connectivity index (χ1) is 8.90. The van der Waals surface area contributed by atoms with E-state index in [1.54, 1.807) is 0 Å². The molecule has 0 spiro atoms. The maximum Gasteiger partial charge on any atom is 0.405 e. The van der Waals surface area contributed by atoms with Crippen molar-refractivity contribution in [2.45, 2.75) is 32.5 Å². The third-order valence-corrected chi connectivity index (χ3v) is 3.48. The molecule has 1 N–H and O–H groups in total. The molecular formula is C14H19F3N2. The van der Waals surface area contributed by atoms with Crippen LogP contribution >= 0.6 is 0 Å². The van der Waals surface area contributed by atoms with Crippen molar-refractivity contribution >= 4 is 5.69 Å². The van der Waals surface area contributed by atoms with Gasteiger partial charge in [0.1, 0.15) is 6.54 Å². The summed E-state index contributed by atoms with van der Waals surface area (Å²) in [5.74, 6) is 0. The van der Waals surface area contributed by atoms with Crippen molar-refractivity contribution in [2.24, 2.45) is 0 Å². The molecule has 1 atom stereocenters. The highest BCUT2D eigenvalue weighted by molar-refractivity contribution is 5.59. The van der Waals surface area contributed by atoms with Crippen LogP contribution in [0.15, 0.2) is 18.2 Å². The number of halogens is 3. The van der Waals surface area contributed by atoms with Crippen molar-refractivity contribution in [1.29, 1.82) is 0 Å². The van der Waals surface area contributed by atoms with E-state index in [2.05, 4.69) is 12.2 Å². The molecule has 0 saturated carbocycles. The zero-order valence-electron chi connectivity index (χ0n) is 11.2. The Labute approximate surface area is 111 Å². The Kier molecular flexibility index (Phi) is 4.04. The number of nitrogens with one attached hydrogen (secondary N) is 1. The van der Waals surface area contributed by atoms with E-state index in [9.17, 15) is 13.2 Å². The summed E-state index contributed by atoms with van der Waals surface area (Å²) in [4.78, 5) is 1.41. The third-order valence-electron chi connectivity index (χ3n) is 3.48. The van der Waals surface area contributed by atoms with Crippen LogP contribution in [0.4, 0.5) is 18.9 Å². The van der Waals surface area contributed by atoms with E-state index in [0.29, 0.717) is 13.0 Å². The van der Waals surface area contributed by atoms with Gasteiger partial charge >= 0.3 is 6.18 Å². The molecule has 1 aromatic rings. The van der Waals surface area contributed by atoms with E-state index >= 15 is 0 Å². The van der Waals surface area contributed by atoms with Crippen LogP contribution in [0.3, 0.4) is 0 Å². The fraction of sp³-hybridized carbons (Fsp3) is 0.571. The van der Waals surface area contributed by atoms with Gasteiger partial charge in [0, 0.05) is 18.3 Å². The first kappa shape index (κ1) is 14.2. The van der Waals surface area contributed by atoms with Gasteiger partial charge in [-0.2, -0.15) is 13.2 Å². The Bertz CT molecular complexity index is 443. The van der Waals surface area contributed by atoms with E-state index in [4.69, 9.17) is 0 Å². The number of alkyl halides is 3. The number of benzene rings is 1. The molecule has 0 amide bonds. The third kappa shape index (κ3) is 3.41. The number of hydrogen-bond acceptors (Lipinski definition) is 2. The maximum atomic E-state index is 12.5. The van der Waals surface area contributed by atoms with E-state index in [-0.39, 0.29) is 6.04 Å². The zero-order chi connectivity index (χ0) is 14.0.